The van der Waals surface area contributed by atoms with Gasteiger partial charge in [0.15, 0.2) is 0 Å². The highest BCUT2D eigenvalue weighted by Gasteiger charge is 2.15. The summed E-state index contributed by atoms with van der Waals surface area (Å²) < 4.78 is 19.8. The molecule has 1 atom stereocenters. The molecule has 72 valence electrons. The van der Waals surface area contributed by atoms with Crippen LogP contribution in [0.4, 0.5) is 0 Å². The lowest BCUT2D eigenvalue weighted by molar-refractivity contribution is 0.278. The smallest absolute Gasteiger partial charge is 0.364 e. The summed E-state index contributed by atoms with van der Waals surface area (Å²) in [7, 11) is 1.07. The third-order valence-corrected chi connectivity index (χ3v) is 1.95. The maximum Gasteiger partial charge on any atom is 0.364 e. The number of rotatable bonds is 4. The lowest BCUT2D eigenvalue weighted by Gasteiger charge is -2.02. The summed E-state index contributed by atoms with van der Waals surface area (Å²) in [4.78, 5) is 3.18. The number of nitrogens with zero attached hydrogens (tertiary/aromatic N) is 1. The second-order valence-electron chi connectivity index (χ2n) is 2.43. The van der Waals surface area contributed by atoms with Crippen LogP contribution in [0.1, 0.15) is 11.8 Å². The number of methoxy groups -OCH3 is 1. The van der Waals surface area contributed by atoms with Gasteiger partial charge in [-0.2, -0.15) is 0 Å². The third-order valence-electron chi connectivity index (χ3n) is 1.66. The molecule has 1 aromatic carbocycles. The highest BCUT2D eigenvalue weighted by molar-refractivity contribution is 7.17. The molecule has 5 heteroatoms. The van der Waals surface area contributed by atoms with Gasteiger partial charge in [-0.1, -0.05) is 0 Å². The molecule has 0 saturated heterocycles. The molecule has 0 amide bonds. The topological polar surface area (TPSA) is 39.9 Å². The van der Waals surface area contributed by atoms with Crippen molar-refractivity contribution in [2.75, 3.05) is 7.11 Å². The van der Waals surface area contributed by atoms with Gasteiger partial charge in [0.05, 0.1) is 12.7 Å². The molecule has 1 unspecified atom stereocenters. The molecule has 0 aromatic heterocycles. The Hall–Kier alpha value is -1.43. The molecule has 1 rings (SSSR count). The van der Waals surface area contributed by atoms with Crippen molar-refractivity contribution in [2.45, 2.75) is 6.23 Å². The van der Waals surface area contributed by atoms with Gasteiger partial charge in [-0.3, -0.25) is 4.85 Å². The summed E-state index contributed by atoms with van der Waals surface area (Å²) in [6, 6.07) is 6.84. The van der Waals surface area contributed by atoms with Gasteiger partial charge in [0.25, 0.3) is 0 Å². The van der Waals surface area contributed by atoms with Crippen molar-refractivity contribution in [3.63, 3.8) is 0 Å². The normalized spacial score (nSPS) is 12.0. The van der Waals surface area contributed by atoms with Crippen LogP contribution in [0.5, 0.6) is 5.75 Å². The Morgan fingerprint density at radius 3 is 2.50 bits per heavy atom. The first-order valence-corrected chi connectivity index (χ1v) is 4.54. The Labute approximate surface area is 83.6 Å². The van der Waals surface area contributed by atoms with E-state index in [9.17, 15) is 4.57 Å². The van der Waals surface area contributed by atoms with Crippen LogP contribution in [-0.4, -0.2) is 7.11 Å². The van der Waals surface area contributed by atoms with Crippen molar-refractivity contribution in [3.05, 3.63) is 41.2 Å². The number of benzene rings is 1. The fourth-order valence-electron chi connectivity index (χ4n) is 0.968. The summed E-state index contributed by atoms with van der Waals surface area (Å²) >= 11 is 0. The second kappa shape index (κ2) is 5.33. The van der Waals surface area contributed by atoms with Gasteiger partial charge in [-0.25, -0.2) is 15.7 Å². The lowest BCUT2D eigenvalue weighted by atomic mass is 10.2. The van der Waals surface area contributed by atoms with E-state index in [1.54, 1.807) is 31.4 Å². The van der Waals surface area contributed by atoms with Crippen molar-refractivity contribution in [1.29, 1.82) is 0 Å². The van der Waals surface area contributed by atoms with Gasteiger partial charge in [-0.05, 0) is 24.3 Å². The zero-order chi connectivity index (χ0) is 10.4. The summed E-state index contributed by atoms with van der Waals surface area (Å²) in [5.74, 6) is 0.706. The van der Waals surface area contributed by atoms with Crippen molar-refractivity contribution < 1.29 is 13.8 Å². The monoisotopic (exact) mass is 209 g/mol. The van der Waals surface area contributed by atoms with E-state index in [0.29, 0.717) is 11.3 Å². The number of hydrogen-bond acceptors (Lipinski definition) is 3. The minimum atomic E-state index is -0.819. The highest BCUT2D eigenvalue weighted by atomic mass is 31.1. The molecule has 0 radical (unpaired) electrons. The molecule has 0 aliphatic rings. The van der Waals surface area contributed by atoms with Gasteiger partial charge in [-0.15, -0.1) is 0 Å². The molecule has 0 spiro atoms. The predicted molar refractivity (Wildman–Crippen MR) is 51.0 cm³/mol. The SMILES string of the molecule is [C-]#[N+]C(OP=O)c1ccc(OC)cc1. The number of hydrogen-bond donors (Lipinski definition) is 0. The maximum absolute atomic E-state index is 10.2. The van der Waals surface area contributed by atoms with Gasteiger partial charge >= 0.3 is 14.9 Å². The van der Waals surface area contributed by atoms with Crippen LogP contribution in [0.2, 0.25) is 0 Å². The van der Waals surface area contributed by atoms with Gasteiger partial charge in [0, 0.05) is 0 Å². The first-order chi connectivity index (χ1) is 6.81. The van der Waals surface area contributed by atoms with E-state index >= 15 is 0 Å². The van der Waals surface area contributed by atoms with Crippen molar-refractivity contribution >= 4 is 8.69 Å². The molecule has 0 heterocycles. The zero-order valence-corrected chi connectivity index (χ0v) is 8.40. The molecule has 0 aliphatic carbocycles. The summed E-state index contributed by atoms with van der Waals surface area (Å²) in [6.45, 7) is 6.82. The summed E-state index contributed by atoms with van der Waals surface area (Å²) in [5, 5.41) is 0. The molecule has 0 saturated carbocycles. The lowest BCUT2D eigenvalue weighted by Crippen LogP contribution is -1.92. The quantitative estimate of drug-likeness (QED) is 0.565. The Balaban J connectivity index is 2.84. The van der Waals surface area contributed by atoms with Crippen LogP contribution in [0, 0.1) is 6.57 Å². The van der Waals surface area contributed by atoms with E-state index in [4.69, 9.17) is 11.3 Å². The third kappa shape index (κ3) is 2.53. The number of ether oxygens (including phenoxy) is 1. The van der Waals surface area contributed by atoms with E-state index in [1.165, 1.54) is 0 Å². The van der Waals surface area contributed by atoms with Crippen molar-refractivity contribution in [1.82, 2.24) is 0 Å². The van der Waals surface area contributed by atoms with Gasteiger partial charge in [0.1, 0.15) is 5.75 Å². The zero-order valence-electron chi connectivity index (χ0n) is 7.51. The molecule has 4 nitrogen and oxygen atoms in total. The summed E-state index contributed by atoms with van der Waals surface area (Å²) in [5.41, 5.74) is 0.657. The molecule has 0 fully saturated rings. The van der Waals surface area contributed by atoms with Gasteiger partial charge in [0.2, 0.25) is 0 Å². The average molecular weight is 209 g/mol. The standard InChI is InChI=1S/C9H8NO3P/c1-10-9(13-14-11)7-3-5-8(12-2)6-4-7/h3-6,9H,2H3. The summed E-state index contributed by atoms with van der Waals surface area (Å²) in [6.07, 6.45) is -0.819. The van der Waals surface area contributed by atoms with E-state index in [0.717, 1.165) is 0 Å². The first kappa shape index (κ1) is 10.6. The van der Waals surface area contributed by atoms with Gasteiger partial charge < -0.3 is 4.74 Å². The molecule has 0 N–H and O–H groups in total. The Kier molecular flexibility index (Phi) is 4.06. The van der Waals surface area contributed by atoms with Crippen LogP contribution in [0.3, 0.4) is 0 Å². The van der Waals surface area contributed by atoms with E-state index in [1.807, 2.05) is 0 Å². The van der Waals surface area contributed by atoms with Crippen LogP contribution >= 0.6 is 8.69 Å². The Bertz CT molecular complexity index is 344. The molecule has 0 aliphatic heterocycles. The first-order valence-electron chi connectivity index (χ1n) is 3.81. The highest BCUT2D eigenvalue weighted by Crippen LogP contribution is 2.24. The van der Waals surface area contributed by atoms with Crippen molar-refractivity contribution in [2.24, 2.45) is 0 Å². The van der Waals surface area contributed by atoms with Crippen LogP contribution < -0.4 is 4.74 Å². The van der Waals surface area contributed by atoms with E-state index in [2.05, 4.69) is 9.37 Å². The second-order valence-corrected chi connectivity index (χ2v) is 2.79. The van der Waals surface area contributed by atoms with E-state index in [-0.39, 0.29) is 0 Å². The Morgan fingerprint density at radius 2 is 2.07 bits per heavy atom. The van der Waals surface area contributed by atoms with Crippen LogP contribution in [-0.2, 0) is 9.09 Å². The molecule has 0 bridgehead atoms. The van der Waals surface area contributed by atoms with Crippen LogP contribution in [0.15, 0.2) is 24.3 Å². The molecule has 14 heavy (non-hydrogen) atoms. The largest absolute Gasteiger partial charge is 0.497 e. The minimum Gasteiger partial charge on any atom is -0.497 e. The maximum atomic E-state index is 10.2. The molecular weight excluding hydrogens is 201 g/mol. The molecular formula is C9H8NO3P. The van der Waals surface area contributed by atoms with Crippen LogP contribution in [0.25, 0.3) is 4.85 Å². The Morgan fingerprint density at radius 1 is 1.43 bits per heavy atom. The van der Waals surface area contributed by atoms with Crippen molar-refractivity contribution in [3.8, 4) is 5.75 Å². The fraction of sp³-hybridized carbons (Fsp3) is 0.222. The predicted octanol–water partition coefficient (Wildman–Crippen LogP) is 2.84. The molecule has 1 aromatic rings. The van der Waals surface area contributed by atoms with E-state index < -0.39 is 14.9 Å². The average Bonchev–Trinajstić information content (AvgIpc) is 2.26. The fourth-order valence-corrected chi connectivity index (χ4v) is 1.22. The minimum absolute atomic E-state index is 0.491.